The second-order valence-corrected chi connectivity index (χ2v) is 5.70. The summed E-state index contributed by atoms with van der Waals surface area (Å²) in [7, 11) is 2.04. The Balaban J connectivity index is 1.82. The number of hydrogen-bond donors (Lipinski definition) is 1. The number of hydrogen-bond acceptors (Lipinski definition) is 3. The van der Waals surface area contributed by atoms with Crippen LogP contribution in [-0.4, -0.2) is 36.6 Å². The summed E-state index contributed by atoms with van der Waals surface area (Å²) in [5, 5.41) is 3.27. The molecule has 2 heterocycles. The van der Waals surface area contributed by atoms with Gasteiger partial charge in [0.05, 0.1) is 0 Å². The Bertz CT molecular complexity index is 348. The monoisotopic (exact) mass is 297 g/mol. The van der Waals surface area contributed by atoms with Crippen LogP contribution in [0.1, 0.15) is 18.4 Å². The van der Waals surface area contributed by atoms with Crippen molar-refractivity contribution in [2.24, 2.45) is 5.92 Å². The van der Waals surface area contributed by atoms with Gasteiger partial charge >= 0.3 is 0 Å². The summed E-state index contributed by atoms with van der Waals surface area (Å²) in [4.78, 5) is 6.73. The van der Waals surface area contributed by atoms with Gasteiger partial charge in [-0.3, -0.25) is 9.88 Å². The first-order chi connectivity index (χ1) is 8.28. The Morgan fingerprint density at radius 1 is 1.41 bits per heavy atom. The molecule has 0 amide bonds. The number of pyridine rings is 1. The third-order valence-electron chi connectivity index (χ3n) is 3.37. The normalized spacial score (nSPS) is 18.5. The Hall–Kier alpha value is -0.450. The molecule has 1 aromatic heterocycles. The first-order valence-electron chi connectivity index (χ1n) is 6.24. The van der Waals surface area contributed by atoms with E-state index in [-0.39, 0.29) is 0 Å². The third-order valence-corrected chi connectivity index (χ3v) is 3.80. The van der Waals surface area contributed by atoms with Gasteiger partial charge in [-0.05, 0) is 73.0 Å². The highest BCUT2D eigenvalue weighted by Crippen LogP contribution is 2.19. The summed E-state index contributed by atoms with van der Waals surface area (Å²) < 4.78 is 1.07. The fourth-order valence-corrected chi connectivity index (χ4v) is 2.85. The first-order valence-corrected chi connectivity index (χ1v) is 7.03. The molecule has 1 N–H and O–H groups in total. The molecule has 2 rings (SSSR count). The van der Waals surface area contributed by atoms with Crippen molar-refractivity contribution in [1.29, 1.82) is 0 Å². The van der Waals surface area contributed by atoms with Crippen LogP contribution in [0.4, 0.5) is 0 Å². The van der Waals surface area contributed by atoms with Gasteiger partial charge in [-0.25, -0.2) is 0 Å². The minimum atomic E-state index is 0.858. The van der Waals surface area contributed by atoms with E-state index in [0.717, 1.165) is 23.5 Å². The van der Waals surface area contributed by atoms with Crippen molar-refractivity contribution in [1.82, 2.24) is 15.2 Å². The molecule has 1 aliphatic rings. The molecule has 0 aromatic carbocycles. The Kier molecular flexibility index (Phi) is 4.95. The fraction of sp³-hybridized carbons (Fsp3) is 0.615. The maximum absolute atomic E-state index is 4.21. The lowest BCUT2D eigenvalue weighted by molar-refractivity contribution is 0.176. The van der Waals surface area contributed by atoms with Crippen LogP contribution in [0.25, 0.3) is 0 Å². The number of rotatable bonds is 4. The number of nitrogens with one attached hydrogen (secondary N) is 1. The summed E-state index contributed by atoms with van der Waals surface area (Å²) in [6.45, 7) is 4.60. The molecule has 1 aliphatic heterocycles. The zero-order valence-corrected chi connectivity index (χ0v) is 11.9. The standard InChI is InChI=1S/C13H20BrN3/c1-15-7-11-2-4-17(5-3-11)10-12-6-13(14)9-16-8-12/h6,8-9,11,15H,2-5,7,10H2,1H3. The summed E-state index contributed by atoms with van der Waals surface area (Å²) >= 11 is 3.47. The molecule has 0 bridgehead atoms. The van der Waals surface area contributed by atoms with E-state index < -0.39 is 0 Å². The van der Waals surface area contributed by atoms with Gasteiger partial charge < -0.3 is 5.32 Å². The largest absolute Gasteiger partial charge is 0.319 e. The van der Waals surface area contributed by atoms with E-state index in [1.807, 2.05) is 19.4 Å². The van der Waals surface area contributed by atoms with Gasteiger partial charge in [0.2, 0.25) is 0 Å². The molecule has 4 heteroatoms. The quantitative estimate of drug-likeness (QED) is 0.924. The molecule has 0 spiro atoms. The number of nitrogens with zero attached hydrogens (tertiary/aromatic N) is 2. The second-order valence-electron chi connectivity index (χ2n) is 4.79. The van der Waals surface area contributed by atoms with Gasteiger partial charge in [-0.15, -0.1) is 0 Å². The predicted octanol–water partition coefficient (Wildman–Crippen LogP) is 2.28. The zero-order valence-electron chi connectivity index (χ0n) is 10.3. The van der Waals surface area contributed by atoms with Crippen molar-refractivity contribution in [3.8, 4) is 0 Å². The van der Waals surface area contributed by atoms with E-state index in [0.29, 0.717) is 0 Å². The van der Waals surface area contributed by atoms with E-state index in [1.165, 1.54) is 31.5 Å². The lowest BCUT2D eigenvalue weighted by Gasteiger charge is -2.31. The maximum atomic E-state index is 4.21. The topological polar surface area (TPSA) is 28.2 Å². The van der Waals surface area contributed by atoms with Crippen molar-refractivity contribution in [3.63, 3.8) is 0 Å². The highest BCUT2D eigenvalue weighted by Gasteiger charge is 2.18. The molecule has 0 unspecified atom stereocenters. The number of likely N-dealkylation sites (tertiary alicyclic amines) is 1. The van der Waals surface area contributed by atoms with E-state index in [9.17, 15) is 0 Å². The number of aromatic nitrogens is 1. The number of piperidine rings is 1. The minimum Gasteiger partial charge on any atom is -0.319 e. The van der Waals surface area contributed by atoms with Crippen LogP contribution in [-0.2, 0) is 6.54 Å². The lowest BCUT2D eigenvalue weighted by atomic mass is 9.96. The third kappa shape index (κ3) is 4.05. The van der Waals surface area contributed by atoms with E-state index in [4.69, 9.17) is 0 Å². The Morgan fingerprint density at radius 3 is 2.82 bits per heavy atom. The molecule has 0 atom stereocenters. The minimum absolute atomic E-state index is 0.858. The van der Waals surface area contributed by atoms with Gasteiger partial charge in [0.1, 0.15) is 0 Å². The fourth-order valence-electron chi connectivity index (χ4n) is 2.44. The molecule has 94 valence electrons. The number of halogens is 1. The average molecular weight is 298 g/mol. The molecule has 0 radical (unpaired) electrons. The molecule has 1 aromatic rings. The lowest BCUT2D eigenvalue weighted by Crippen LogP contribution is -2.36. The van der Waals surface area contributed by atoms with Gasteiger partial charge in [-0.1, -0.05) is 0 Å². The second kappa shape index (κ2) is 6.47. The zero-order chi connectivity index (χ0) is 12.1. The smallest absolute Gasteiger partial charge is 0.0410 e. The van der Waals surface area contributed by atoms with Gasteiger partial charge in [0.15, 0.2) is 0 Å². The van der Waals surface area contributed by atoms with Gasteiger partial charge in [0.25, 0.3) is 0 Å². The van der Waals surface area contributed by atoms with Crippen LogP contribution in [0, 0.1) is 5.92 Å². The van der Waals surface area contributed by atoms with Gasteiger partial charge in [-0.2, -0.15) is 0 Å². The van der Waals surface area contributed by atoms with Crippen LogP contribution in [0.3, 0.4) is 0 Å². The van der Waals surface area contributed by atoms with Crippen LogP contribution >= 0.6 is 15.9 Å². The van der Waals surface area contributed by atoms with Crippen molar-refractivity contribution in [2.75, 3.05) is 26.7 Å². The highest BCUT2D eigenvalue weighted by molar-refractivity contribution is 9.10. The van der Waals surface area contributed by atoms with Crippen molar-refractivity contribution >= 4 is 15.9 Å². The Labute approximate surface area is 112 Å². The summed E-state index contributed by atoms with van der Waals surface area (Å²) in [6.07, 6.45) is 6.41. The van der Waals surface area contributed by atoms with Crippen LogP contribution in [0.15, 0.2) is 22.9 Å². The van der Waals surface area contributed by atoms with Crippen LogP contribution < -0.4 is 5.32 Å². The molecular weight excluding hydrogens is 278 g/mol. The Morgan fingerprint density at radius 2 is 2.18 bits per heavy atom. The molecule has 1 saturated heterocycles. The maximum Gasteiger partial charge on any atom is 0.0410 e. The van der Waals surface area contributed by atoms with E-state index >= 15 is 0 Å². The molecule has 17 heavy (non-hydrogen) atoms. The summed E-state index contributed by atoms with van der Waals surface area (Å²) in [5.41, 5.74) is 1.30. The van der Waals surface area contributed by atoms with E-state index in [1.54, 1.807) is 0 Å². The molecular formula is C13H20BrN3. The molecule has 0 saturated carbocycles. The molecule has 0 aliphatic carbocycles. The first kappa shape index (κ1) is 13.0. The SMILES string of the molecule is CNCC1CCN(Cc2cncc(Br)c2)CC1. The average Bonchev–Trinajstić information content (AvgIpc) is 2.32. The van der Waals surface area contributed by atoms with Crippen molar-refractivity contribution in [2.45, 2.75) is 19.4 Å². The van der Waals surface area contributed by atoms with Crippen molar-refractivity contribution < 1.29 is 0 Å². The van der Waals surface area contributed by atoms with Crippen LogP contribution in [0.2, 0.25) is 0 Å². The molecule has 1 fully saturated rings. The summed E-state index contributed by atoms with van der Waals surface area (Å²) in [5.74, 6) is 0.858. The van der Waals surface area contributed by atoms with E-state index in [2.05, 4.69) is 37.2 Å². The van der Waals surface area contributed by atoms with Crippen LogP contribution in [0.5, 0.6) is 0 Å². The highest BCUT2D eigenvalue weighted by atomic mass is 79.9. The van der Waals surface area contributed by atoms with Crippen molar-refractivity contribution in [3.05, 3.63) is 28.5 Å². The summed E-state index contributed by atoms with van der Waals surface area (Å²) in [6, 6.07) is 2.16. The molecule has 3 nitrogen and oxygen atoms in total. The predicted molar refractivity (Wildman–Crippen MR) is 73.9 cm³/mol. The van der Waals surface area contributed by atoms with Gasteiger partial charge in [0, 0.05) is 23.4 Å².